The summed E-state index contributed by atoms with van der Waals surface area (Å²) in [6.07, 6.45) is 3.09. The number of aromatic nitrogens is 1. The summed E-state index contributed by atoms with van der Waals surface area (Å²) in [5, 5.41) is 0.456. The number of fused-ring (bicyclic) bond motifs is 1. The van der Waals surface area contributed by atoms with Crippen molar-refractivity contribution < 1.29 is 8.42 Å². The monoisotopic (exact) mass is 369 g/mol. The summed E-state index contributed by atoms with van der Waals surface area (Å²) in [5.41, 5.74) is 2.40. The first-order valence-corrected chi connectivity index (χ1v) is 10.4. The maximum Gasteiger partial charge on any atom is 0.211 e. The molecule has 0 aliphatic rings. The minimum atomic E-state index is -3.87. The van der Waals surface area contributed by atoms with Crippen LogP contribution in [0.3, 0.4) is 0 Å². The molecule has 0 saturated carbocycles. The highest BCUT2D eigenvalue weighted by atomic mass is 32.2. The smallest absolute Gasteiger partial charge is 0.211 e. The van der Waals surface area contributed by atoms with Gasteiger partial charge >= 0.3 is 0 Å². The third-order valence-electron chi connectivity index (χ3n) is 4.79. The van der Waals surface area contributed by atoms with Crippen LogP contribution >= 0.6 is 0 Å². The molecule has 0 radical (unpaired) electrons. The number of pyridine rings is 1. The molecular formula is C21H23NO3S. The van der Waals surface area contributed by atoms with E-state index in [0.717, 1.165) is 29.5 Å². The minimum absolute atomic E-state index is 0.153. The highest BCUT2D eigenvalue weighted by molar-refractivity contribution is 7.91. The topological polar surface area (TPSA) is 56.1 Å². The fourth-order valence-corrected chi connectivity index (χ4v) is 4.49. The van der Waals surface area contributed by atoms with Crippen molar-refractivity contribution in [3.8, 4) is 0 Å². The number of nitrogens with zero attached hydrogens (tertiary/aromatic N) is 1. The van der Waals surface area contributed by atoms with Gasteiger partial charge in [0.25, 0.3) is 0 Å². The summed E-state index contributed by atoms with van der Waals surface area (Å²) < 4.78 is 28.0. The van der Waals surface area contributed by atoms with E-state index in [-0.39, 0.29) is 9.79 Å². The van der Waals surface area contributed by atoms with Gasteiger partial charge in [-0.3, -0.25) is 4.79 Å². The number of rotatable bonds is 5. The van der Waals surface area contributed by atoms with Crippen LogP contribution in [0.1, 0.15) is 31.9 Å². The third kappa shape index (κ3) is 3.07. The van der Waals surface area contributed by atoms with Gasteiger partial charge in [-0.2, -0.15) is 0 Å². The van der Waals surface area contributed by atoms with Crippen molar-refractivity contribution >= 4 is 20.7 Å². The van der Waals surface area contributed by atoms with Gasteiger partial charge in [0.2, 0.25) is 15.3 Å². The Bertz CT molecular complexity index is 1110. The summed E-state index contributed by atoms with van der Waals surface area (Å²) in [7, 11) is -3.87. The van der Waals surface area contributed by atoms with Crippen LogP contribution in [0.2, 0.25) is 0 Å². The Balaban J connectivity index is 2.29. The van der Waals surface area contributed by atoms with E-state index in [1.54, 1.807) is 24.3 Å². The van der Waals surface area contributed by atoms with Crippen LogP contribution in [0, 0.1) is 0 Å². The summed E-state index contributed by atoms with van der Waals surface area (Å²) >= 11 is 0. The molecular weight excluding hydrogens is 346 g/mol. The molecule has 1 aromatic heterocycles. The molecule has 3 aromatic rings. The highest BCUT2D eigenvalue weighted by Crippen LogP contribution is 2.22. The molecule has 26 heavy (non-hydrogen) atoms. The van der Waals surface area contributed by atoms with Gasteiger partial charge in [-0.05, 0) is 55.2 Å². The average Bonchev–Trinajstić information content (AvgIpc) is 2.68. The zero-order valence-corrected chi connectivity index (χ0v) is 16.1. The summed E-state index contributed by atoms with van der Waals surface area (Å²) in [4.78, 5) is 13.0. The molecule has 0 aliphatic heterocycles. The van der Waals surface area contributed by atoms with E-state index in [2.05, 4.69) is 0 Å². The Morgan fingerprint density at radius 2 is 1.50 bits per heavy atom. The van der Waals surface area contributed by atoms with Crippen molar-refractivity contribution in [1.29, 1.82) is 0 Å². The van der Waals surface area contributed by atoms with E-state index >= 15 is 0 Å². The number of benzene rings is 2. The molecule has 3 rings (SSSR count). The molecule has 4 nitrogen and oxygen atoms in total. The third-order valence-corrected chi connectivity index (χ3v) is 6.55. The molecule has 0 amide bonds. The number of sulfone groups is 1. The van der Waals surface area contributed by atoms with Gasteiger partial charge in [-0.15, -0.1) is 0 Å². The predicted molar refractivity (Wildman–Crippen MR) is 105 cm³/mol. The van der Waals surface area contributed by atoms with Crippen molar-refractivity contribution in [2.75, 3.05) is 0 Å². The second-order valence-corrected chi connectivity index (χ2v) is 8.23. The first-order valence-electron chi connectivity index (χ1n) is 8.92. The first kappa shape index (κ1) is 18.4. The Morgan fingerprint density at radius 1 is 0.885 bits per heavy atom. The van der Waals surface area contributed by atoms with Gasteiger partial charge in [-0.1, -0.05) is 32.0 Å². The molecule has 0 bridgehead atoms. The molecule has 1 heterocycles. The van der Waals surface area contributed by atoms with Gasteiger partial charge in [-0.25, -0.2) is 8.42 Å². The quantitative estimate of drug-likeness (QED) is 0.683. The number of aryl methyl sites for hydroxylation is 3. The van der Waals surface area contributed by atoms with E-state index in [0.29, 0.717) is 11.9 Å². The first-order chi connectivity index (χ1) is 12.4. The largest absolute Gasteiger partial charge is 0.346 e. The molecule has 0 saturated heterocycles. The van der Waals surface area contributed by atoms with Crippen molar-refractivity contribution in [2.24, 2.45) is 0 Å². The molecule has 0 spiro atoms. The van der Waals surface area contributed by atoms with Crippen LogP contribution < -0.4 is 5.43 Å². The lowest BCUT2D eigenvalue weighted by Crippen LogP contribution is -2.19. The van der Waals surface area contributed by atoms with Gasteiger partial charge in [0, 0.05) is 18.1 Å². The van der Waals surface area contributed by atoms with Crippen LogP contribution in [0.25, 0.3) is 10.9 Å². The van der Waals surface area contributed by atoms with Crippen LogP contribution in [0.5, 0.6) is 0 Å². The van der Waals surface area contributed by atoms with E-state index in [1.165, 1.54) is 6.20 Å². The Morgan fingerprint density at radius 3 is 2.08 bits per heavy atom. The molecule has 0 fully saturated rings. The van der Waals surface area contributed by atoms with Gasteiger partial charge < -0.3 is 4.57 Å². The van der Waals surface area contributed by atoms with Crippen LogP contribution in [-0.4, -0.2) is 13.0 Å². The Kier molecular flexibility index (Phi) is 5.01. The maximum atomic E-state index is 13.1. The van der Waals surface area contributed by atoms with Crippen molar-refractivity contribution in [3.63, 3.8) is 0 Å². The second kappa shape index (κ2) is 7.08. The zero-order chi connectivity index (χ0) is 18.9. The summed E-state index contributed by atoms with van der Waals surface area (Å²) in [6, 6.07) is 12.4. The normalized spacial score (nSPS) is 11.8. The fourth-order valence-electron chi connectivity index (χ4n) is 3.12. The lowest BCUT2D eigenvalue weighted by molar-refractivity contribution is 0.593. The Labute approximate surface area is 154 Å². The zero-order valence-electron chi connectivity index (χ0n) is 15.3. The molecule has 0 N–H and O–H groups in total. The molecule has 0 unspecified atom stereocenters. The lowest BCUT2D eigenvalue weighted by atomic mass is 10.1. The SMILES string of the molecule is CCc1ccc(S(=O)(=O)c2cn(CC)c3ccc(CC)cc3c2=O)cc1. The standard InChI is InChI=1S/C21H23NO3S/c1-4-15-7-10-17(11-8-15)26(24,25)20-14-22(6-3)19-12-9-16(5-2)13-18(19)21(20)23/h7-14H,4-6H2,1-3H3. The van der Waals surface area contributed by atoms with E-state index in [1.807, 2.05) is 43.5 Å². The summed E-state index contributed by atoms with van der Waals surface area (Å²) in [6.45, 7) is 6.54. The van der Waals surface area contributed by atoms with Gasteiger partial charge in [0.1, 0.15) is 4.90 Å². The van der Waals surface area contributed by atoms with Crippen molar-refractivity contribution in [2.45, 2.75) is 49.9 Å². The van der Waals surface area contributed by atoms with Gasteiger partial charge in [0.05, 0.1) is 10.4 Å². The Hall–Kier alpha value is -2.40. The molecule has 2 aromatic carbocycles. The van der Waals surface area contributed by atoms with Crippen LogP contribution in [0.15, 0.2) is 63.2 Å². The molecule has 0 atom stereocenters. The second-order valence-electron chi connectivity index (χ2n) is 6.31. The van der Waals surface area contributed by atoms with Crippen molar-refractivity contribution in [1.82, 2.24) is 4.57 Å². The fraction of sp³-hybridized carbons (Fsp3) is 0.286. The van der Waals surface area contributed by atoms with Crippen LogP contribution in [0.4, 0.5) is 0 Å². The summed E-state index contributed by atoms with van der Waals surface area (Å²) in [5.74, 6) is 0. The highest BCUT2D eigenvalue weighted by Gasteiger charge is 2.23. The number of hydrogen-bond donors (Lipinski definition) is 0. The van der Waals surface area contributed by atoms with Crippen molar-refractivity contribution in [3.05, 3.63) is 70.0 Å². The molecule has 0 aliphatic carbocycles. The van der Waals surface area contributed by atoms with E-state index in [9.17, 15) is 13.2 Å². The maximum absolute atomic E-state index is 13.1. The average molecular weight is 369 g/mol. The molecule has 136 valence electrons. The number of hydrogen-bond acceptors (Lipinski definition) is 3. The minimum Gasteiger partial charge on any atom is -0.346 e. The van der Waals surface area contributed by atoms with E-state index < -0.39 is 15.3 Å². The molecule has 5 heteroatoms. The lowest BCUT2D eigenvalue weighted by Gasteiger charge is -2.13. The van der Waals surface area contributed by atoms with Gasteiger partial charge in [0.15, 0.2) is 0 Å². The predicted octanol–water partition coefficient (Wildman–Crippen LogP) is 3.98. The van der Waals surface area contributed by atoms with E-state index in [4.69, 9.17) is 0 Å². The van der Waals surface area contributed by atoms with Crippen LogP contribution in [-0.2, 0) is 29.2 Å².